The van der Waals surface area contributed by atoms with Gasteiger partial charge in [0.05, 0.1) is 0 Å². The van der Waals surface area contributed by atoms with Crippen LogP contribution in [0.2, 0.25) is 0 Å². The SMILES string of the molecule is CC/C=C(/CC)CCCC. The molecule has 0 aliphatic rings. The summed E-state index contributed by atoms with van der Waals surface area (Å²) in [7, 11) is 0. The number of hydrogen-bond acceptors (Lipinski definition) is 0. The summed E-state index contributed by atoms with van der Waals surface area (Å²) in [5, 5.41) is 0. The van der Waals surface area contributed by atoms with Crippen molar-refractivity contribution in [1.29, 1.82) is 0 Å². The molecule has 0 saturated carbocycles. The normalized spacial score (nSPS) is 12.1. The van der Waals surface area contributed by atoms with Crippen LogP contribution in [0.25, 0.3) is 0 Å². The lowest BCUT2D eigenvalue weighted by Gasteiger charge is -2.01. The van der Waals surface area contributed by atoms with Crippen LogP contribution in [0.15, 0.2) is 11.6 Å². The smallest absolute Gasteiger partial charge is 0.0321 e. The molecule has 60 valence electrons. The molecule has 0 atom stereocenters. The van der Waals surface area contributed by atoms with Gasteiger partial charge in [-0.1, -0.05) is 38.8 Å². The Bertz CT molecular complexity index is 90.2. The van der Waals surface area contributed by atoms with Crippen molar-refractivity contribution in [2.75, 3.05) is 0 Å². The lowest BCUT2D eigenvalue weighted by atomic mass is 10.1. The van der Waals surface area contributed by atoms with Crippen LogP contribution in [0.5, 0.6) is 0 Å². The highest BCUT2D eigenvalue weighted by Gasteiger charge is 1.90. The van der Waals surface area contributed by atoms with Crippen LogP contribution < -0.4 is 0 Å². The number of rotatable bonds is 5. The summed E-state index contributed by atoms with van der Waals surface area (Å²) < 4.78 is 0. The predicted molar refractivity (Wildman–Crippen MR) is 48.2 cm³/mol. The molecule has 0 heterocycles. The van der Waals surface area contributed by atoms with Gasteiger partial charge in [-0.25, -0.2) is 0 Å². The average Bonchev–Trinajstić information content (AvgIpc) is 1.98. The molecule has 0 radical (unpaired) electrons. The molecule has 10 heavy (non-hydrogen) atoms. The summed E-state index contributed by atoms with van der Waals surface area (Å²) in [5.41, 5.74) is 1.64. The van der Waals surface area contributed by atoms with E-state index in [9.17, 15) is 0 Å². The highest BCUT2D eigenvalue weighted by atomic mass is 14.0. The summed E-state index contributed by atoms with van der Waals surface area (Å²) >= 11 is 0. The third kappa shape index (κ3) is 4.60. The van der Waals surface area contributed by atoms with Crippen LogP contribution in [0.4, 0.5) is 0 Å². The van der Waals surface area contributed by atoms with E-state index in [1.807, 2.05) is 0 Å². The standard InChI is InChI=1S/C10H20/c1-4-7-9-10(6-3)8-5-2/h8H,4-7,9H2,1-3H3/b10-8-. The summed E-state index contributed by atoms with van der Waals surface area (Å²) in [5.74, 6) is 0. The van der Waals surface area contributed by atoms with Crippen molar-refractivity contribution in [1.82, 2.24) is 0 Å². The fourth-order valence-corrected chi connectivity index (χ4v) is 1.12. The molecule has 0 fully saturated rings. The van der Waals surface area contributed by atoms with Gasteiger partial charge in [0.25, 0.3) is 0 Å². The van der Waals surface area contributed by atoms with Gasteiger partial charge in [-0.2, -0.15) is 0 Å². The van der Waals surface area contributed by atoms with Crippen LogP contribution in [0.3, 0.4) is 0 Å². The highest BCUT2D eigenvalue weighted by molar-refractivity contribution is 5.00. The first kappa shape index (κ1) is 9.74. The Kier molecular flexibility index (Phi) is 6.68. The van der Waals surface area contributed by atoms with Crippen molar-refractivity contribution in [3.63, 3.8) is 0 Å². The monoisotopic (exact) mass is 140 g/mol. The van der Waals surface area contributed by atoms with E-state index in [-0.39, 0.29) is 0 Å². The molecule has 0 rings (SSSR count). The molecule has 0 aromatic heterocycles. The van der Waals surface area contributed by atoms with Crippen molar-refractivity contribution < 1.29 is 0 Å². The van der Waals surface area contributed by atoms with Gasteiger partial charge in [0.15, 0.2) is 0 Å². The molecule has 0 aromatic rings. The zero-order chi connectivity index (χ0) is 7.82. The summed E-state index contributed by atoms with van der Waals surface area (Å²) in [6, 6.07) is 0. The Morgan fingerprint density at radius 2 is 1.90 bits per heavy atom. The topological polar surface area (TPSA) is 0 Å². The molecular formula is C10H20. The molecule has 0 N–H and O–H groups in total. The Morgan fingerprint density at radius 1 is 1.20 bits per heavy atom. The van der Waals surface area contributed by atoms with Gasteiger partial charge in [0.1, 0.15) is 0 Å². The second-order valence-electron chi connectivity index (χ2n) is 2.73. The van der Waals surface area contributed by atoms with Crippen molar-refractivity contribution in [2.24, 2.45) is 0 Å². The fourth-order valence-electron chi connectivity index (χ4n) is 1.12. The van der Waals surface area contributed by atoms with Gasteiger partial charge in [-0.3, -0.25) is 0 Å². The molecular weight excluding hydrogens is 120 g/mol. The lowest BCUT2D eigenvalue weighted by molar-refractivity contribution is 0.762. The largest absolute Gasteiger partial charge is 0.0856 e. The molecule has 0 saturated heterocycles. The molecule has 0 aliphatic heterocycles. The molecule has 0 unspecified atom stereocenters. The van der Waals surface area contributed by atoms with E-state index in [1.165, 1.54) is 32.1 Å². The van der Waals surface area contributed by atoms with Crippen LogP contribution >= 0.6 is 0 Å². The number of unbranched alkanes of at least 4 members (excludes halogenated alkanes) is 1. The van der Waals surface area contributed by atoms with E-state index in [2.05, 4.69) is 26.8 Å². The van der Waals surface area contributed by atoms with E-state index in [0.717, 1.165) is 0 Å². The molecule has 0 amide bonds. The van der Waals surface area contributed by atoms with E-state index in [4.69, 9.17) is 0 Å². The average molecular weight is 140 g/mol. The minimum Gasteiger partial charge on any atom is -0.0856 e. The molecule has 0 nitrogen and oxygen atoms in total. The molecule has 0 bridgehead atoms. The first-order valence-corrected chi connectivity index (χ1v) is 4.53. The minimum absolute atomic E-state index is 1.20. The maximum atomic E-state index is 2.37. The first-order valence-electron chi connectivity index (χ1n) is 4.53. The second-order valence-corrected chi connectivity index (χ2v) is 2.73. The summed E-state index contributed by atoms with van der Waals surface area (Å²) in [6.07, 6.45) is 8.82. The zero-order valence-electron chi connectivity index (χ0n) is 7.61. The van der Waals surface area contributed by atoms with Gasteiger partial charge in [0.2, 0.25) is 0 Å². The van der Waals surface area contributed by atoms with E-state index >= 15 is 0 Å². The molecule has 0 aromatic carbocycles. The van der Waals surface area contributed by atoms with Gasteiger partial charge in [-0.15, -0.1) is 0 Å². The maximum absolute atomic E-state index is 2.37. The van der Waals surface area contributed by atoms with Crippen LogP contribution in [-0.2, 0) is 0 Å². The highest BCUT2D eigenvalue weighted by Crippen LogP contribution is 2.11. The number of hydrogen-bond donors (Lipinski definition) is 0. The van der Waals surface area contributed by atoms with Gasteiger partial charge >= 0.3 is 0 Å². The fraction of sp³-hybridized carbons (Fsp3) is 0.800. The van der Waals surface area contributed by atoms with Crippen molar-refractivity contribution in [3.05, 3.63) is 11.6 Å². The summed E-state index contributed by atoms with van der Waals surface area (Å²) in [4.78, 5) is 0. The Morgan fingerprint density at radius 3 is 2.30 bits per heavy atom. The summed E-state index contributed by atoms with van der Waals surface area (Å²) in [6.45, 7) is 6.71. The molecule has 0 spiro atoms. The molecule has 0 heteroatoms. The van der Waals surface area contributed by atoms with Crippen molar-refractivity contribution in [3.8, 4) is 0 Å². The Hall–Kier alpha value is -0.260. The predicted octanol–water partition coefficient (Wildman–Crippen LogP) is 3.92. The second kappa shape index (κ2) is 6.85. The van der Waals surface area contributed by atoms with Crippen molar-refractivity contribution >= 4 is 0 Å². The van der Waals surface area contributed by atoms with Crippen molar-refractivity contribution in [2.45, 2.75) is 52.9 Å². The van der Waals surface area contributed by atoms with Crippen LogP contribution in [-0.4, -0.2) is 0 Å². The van der Waals surface area contributed by atoms with Crippen LogP contribution in [0.1, 0.15) is 52.9 Å². The van der Waals surface area contributed by atoms with Gasteiger partial charge in [-0.05, 0) is 25.7 Å². The minimum atomic E-state index is 1.20. The van der Waals surface area contributed by atoms with Crippen LogP contribution in [0, 0.1) is 0 Å². The first-order chi connectivity index (χ1) is 4.85. The van der Waals surface area contributed by atoms with Gasteiger partial charge < -0.3 is 0 Å². The molecule has 0 aliphatic carbocycles. The number of allylic oxidation sites excluding steroid dienone is 2. The van der Waals surface area contributed by atoms with E-state index in [0.29, 0.717) is 0 Å². The maximum Gasteiger partial charge on any atom is -0.0321 e. The Balaban J connectivity index is 3.49. The Labute approximate surface area is 65.3 Å². The van der Waals surface area contributed by atoms with Gasteiger partial charge in [0, 0.05) is 0 Å². The third-order valence-corrected chi connectivity index (χ3v) is 1.80. The third-order valence-electron chi connectivity index (χ3n) is 1.80. The zero-order valence-corrected chi connectivity index (χ0v) is 7.61. The van der Waals surface area contributed by atoms with E-state index in [1.54, 1.807) is 5.57 Å². The quantitative estimate of drug-likeness (QED) is 0.508. The van der Waals surface area contributed by atoms with E-state index < -0.39 is 0 Å². The lowest BCUT2D eigenvalue weighted by Crippen LogP contribution is -1.80.